The van der Waals surface area contributed by atoms with Crippen molar-refractivity contribution >= 4 is 38.6 Å². The van der Waals surface area contributed by atoms with Gasteiger partial charge in [0, 0.05) is 10.9 Å². The zero-order valence-electron chi connectivity index (χ0n) is 9.79. The lowest BCUT2D eigenvalue weighted by molar-refractivity contribution is 0.831. The quantitative estimate of drug-likeness (QED) is 0.773. The van der Waals surface area contributed by atoms with Gasteiger partial charge in [0.05, 0.1) is 9.83 Å². The Morgan fingerprint density at radius 3 is 2.63 bits per heavy atom. The van der Waals surface area contributed by atoms with Crippen LogP contribution in [0.25, 0.3) is 10.6 Å². The summed E-state index contributed by atoms with van der Waals surface area (Å²) in [6.45, 7) is 0. The van der Waals surface area contributed by atoms with E-state index in [4.69, 9.17) is 5.73 Å². The maximum Gasteiger partial charge on any atom is 0.148 e. The first kappa shape index (κ1) is 12.9. The predicted octanol–water partition coefficient (Wildman–Crippen LogP) is 4.08. The van der Waals surface area contributed by atoms with Gasteiger partial charge in [-0.15, -0.1) is 21.5 Å². The fourth-order valence-corrected chi connectivity index (χ4v) is 3.78. The number of aromatic nitrogens is 2. The molecule has 1 atom stereocenters. The van der Waals surface area contributed by atoms with Crippen LogP contribution in [0.4, 0.5) is 0 Å². The maximum atomic E-state index is 6.21. The highest BCUT2D eigenvalue weighted by Crippen LogP contribution is 2.33. The van der Waals surface area contributed by atoms with E-state index in [2.05, 4.69) is 31.5 Å². The van der Waals surface area contributed by atoms with Gasteiger partial charge < -0.3 is 5.73 Å². The molecule has 0 saturated heterocycles. The summed E-state index contributed by atoms with van der Waals surface area (Å²) in [5, 5.41) is 12.2. The van der Waals surface area contributed by atoms with Gasteiger partial charge in [-0.3, -0.25) is 0 Å². The Morgan fingerprint density at radius 1 is 1.16 bits per heavy atom. The lowest BCUT2D eigenvalue weighted by atomic mass is 10.1. The number of hydrogen-bond donors (Lipinski definition) is 1. The van der Waals surface area contributed by atoms with E-state index in [9.17, 15) is 0 Å². The molecule has 0 saturated carbocycles. The third-order valence-corrected chi connectivity index (χ3v) is 5.24. The van der Waals surface area contributed by atoms with E-state index in [1.165, 1.54) is 0 Å². The molecule has 3 aromatic rings. The van der Waals surface area contributed by atoms with Crippen LogP contribution in [0.1, 0.15) is 16.6 Å². The molecule has 0 aliphatic heterocycles. The number of thiophene rings is 1. The minimum atomic E-state index is -0.213. The van der Waals surface area contributed by atoms with Crippen molar-refractivity contribution in [2.75, 3.05) is 0 Å². The smallest absolute Gasteiger partial charge is 0.148 e. The second kappa shape index (κ2) is 5.50. The summed E-state index contributed by atoms with van der Waals surface area (Å²) in [4.78, 5) is 0. The summed E-state index contributed by atoms with van der Waals surface area (Å²) in [6, 6.07) is 11.8. The van der Waals surface area contributed by atoms with Gasteiger partial charge in [0.15, 0.2) is 0 Å². The lowest BCUT2D eigenvalue weighted by Gasteiger charge is -2.06. The number of halogens is 1. The Balaban J connectivity index is 1.89. The number of rotatable bonds is 3. The fourth-order valence-electron chi connectivity index (χ4n) is 1.70. The Morgan fingerprint density at radius 2 is 1.95 bits per heavy atom. The highest BCUT2D eigenvalue weighted by Gasteiger charge is 2.15. The van der Waals surface area contributed by atoms with Gasteiger partial charge in [-0.05, 0) is 27.6 Å². The summed E-state index contributed by atoms with van der Waals surface area (Å²) >= 11 is 6.63. The molecule has 2 aromatic heterocycles. The van der Waals surface area contributed by atoms with Crippen LogP contribution in [0.5, 0.6) is 0 Å². The monoisotopic (exact) mass is 351 g/mol. The van der Waals surface area contributed by atoms with Gasteiger partial charge in [0.1, 0.15) is 10.0 Å². The number of nitrogens with zero attached hydrogens (tertiary/aromatic N) is 2. The van der Waals surface area contributed by atoms with Crippen LogP contribution in [-0.4, -0.2) is 10.2 Å². The Labute approximate surface area is 127 Å². The van der Waals surface area contributed by atoms with E-state index in [0.717, 1.165) is 24.9 Å². The van der Waals surface area contributed by atoms with Crippen molar-refractivity contribution < 1.29 is 0 Å². The van der Waals surface area contributed by atoms with Crippen LogP contribution in [0.3, 0.4) is 0 Å². The fraction of sp³-hybridized carbons (Fsp3) is 0.0769. The summed E-state index contributed by atoms with van der Waals surface area (Å²) in [5.74, 6) is 0. The van der Waals surface area contributed by atoms with Crippen molar-refractivity contribution in [1.82, 2.24) is 10.2 Å². The molecule has 0 radical (unpaired) electrons. The van der Waals surface area contributed by atoms with E-state index in [1.807, 2.05) is 36.4 Å². The van der Waals surface area contributed by atoms with Gasteiger partial charge in [-0.25, -0.2) is 0 Å². The highest BCUT2D eigenvalue weighted by molar-refractivity contribution is 9.11. The van der Waals surface area contributed by atoms with Crippen LogP contribution in [0, 0.1) is 0 Å². The molecule has 96 valence electrons. The second-order valence-corrected chi connectivity index (χ2v) is 7.27. The molecule has 0 aliphatic rings. The van der Waals surface area contributed by atoms with Crippen molar-refractivity contribution in [2.45, 2.75) is 6.04 Å². The molecule has 19 heavy (non-hydrogen) atoms. The van der Waals surface area contributed by atoms with Crippen LogP contribution in [0.15, 0.2) is 45.6 Å². The first-order valence-electron chi connectivity index (χ1n) is 5.62. The summed E-state index contributed by atoms with van der Waals surface area (Å²) in [7, 11) is 0. The van der Waals surface area contributed by atoms with Crippen LogP contribution >= 0.6 is 38.6 Å². The average Bonchev–Trinajstić information content (AvgIpc) is 3.07. The SMILES string of the molecule is NC(c1ccccc1)c1nnc(-c2csc(Br)c2)s1. The molecule has 0 spiro atoms. The topological polar surface area (TPSA) is 51.8 Å². The molecular formula is C13H10BrN3S2. The Hall–Kier alpha value is -1.08. The molecule has 3 rings (SSSR count). The molecule has 0 aliphatic carbocycles. The molecule has 1 aromatic carbocycles. The summed E-state index contributed by atoms with van der Waals surface area (Å²) in [6.07, 6.45) is 0. The maximum absolute atomic E-state index is 6.21. The highest BCUT2D eigenvalue weighted by atomic mass is 79.9. The number of nitrogens with two attached hydrogens (primary N) is 1. The molecule has 1 unspecified atom stereocenters. The van der Waals surface area contributed by atoms with E-state index in [0.29, 0.717) is 0 Å². The zero-order valence-corrected chi connectivity index (χ0v) is 13.0. The van der Waals surface area contributed by atoms with E-state index < -0.39 is 0 Å². The minimum absolute atomic E-state index is 0.213. The first-order chi connectivity index (χ1) is 9.24. The first-order valence-corrected chi connectivity index (χ1v) is 8.11. The standard InChI is InChI=1S/C13H10BrN3S2/c14-10-6-9(7-18-10)12-16-17-13(19-12)11(15)8-4-2-1-3-5-8/h1-7,11H,15H2. The zero-order chi connectivity index (χ0) is 13.2. The molecule has 0 fully saturated rings. The molecule has 6 heteroatoms. The third-order valence-electron chi connectivity index (χ3n) is 2.68. The van der Waals surface area contributed by atoms with Crippen molar-refractivity contribution in [3.63, 3.8) is 0 Å². The normalized spacial score (nSPS) is 12.5. The van der Waals surface area contributed by atoms with Crippen LogP contribution in [0.2, 0.25) is 0 Å². The third kappa shape index (κ3) is 2.76. The second-order valence-electron chi connectivity index (χ2n) is 3.97. The summed E-state index contributed by atoms with van der Waals surface area (Å²) < 4.78 is 1.09. The van der Waals surface area contributed by atoms with Crippen LogP contribution in [-0.2, 0) is 0 Å². The molecule has 2 heterocycles. The van der Waals surface area contributed by atoms with Crippen molar-refractivity contribution in [3.8, 4) is 10.6 Å². The van der Waals surface area contributed by atoms with Gasteiger partial charge >= 0.3 is 0 Å². The van der Waals surface area contributed by atoms with Gasteiger partial charge in [-0.2, -0.15) is 0 Å². The largest absolute Gasteiger partial charge is 0.318 e. The summed E-state index contributed by atoms with van der Waals surface area (Å²) in [5.41, 5.74) is 8.35. The number of benzene rings is 1. The molecular weight excluding hydrogens is 342 g/mol. The minimum Gasteiger partial charge on any atom is -0.318 e. The van der Waals surface area contributed by atoms with Gasteiger partial charge in [-0.1, -0.05) is 41.7 Å². The molecule has 2 N–H and O–H groups in total. The molecule has 0 bridgehead atoms. The molecule has 3 nitrogen and oxygen atoms in total. The Kier molecular flexibility index (Phi) is 3.74. The lowest BCUT2D eigenvalue weighted by Crippen LogP contribution is -2.11. The van der Waals surface area contributed by atoms with E-state index in [-0.39, 0.29) is 6.04 Å². The van der Waals surface area contributed by atoms with Gasteiger partial charge in [0.2, 0.25) is 0 Å². The molecule has 0 amide bonds. The van der Waals surface area contributed by atoms with E-state index in [1.54, 1.807) is 22.7 Å². The van der Waals surface area contributed by atoms with Crippen molar-refractivity contribution in [2.24, 2.45) is 5.73 Å². The van der Waals surface area contributed by atoms with Crippen molar-refractivity contribution in [3.05, 3.63) is 56.1 Å². The average molecular weight is 352 g/mol. The van der Waals surface area contributed by atoms with Gasteiger partial charge in [0.25, 0.3) is 0 Å². The van der Waals surface area contributed by atoms with Crippen LogP contribution < -0.4 is 5.73 Å². The predicted molar refractivity (Wildman–Crippen MR) is 83.4 cm³/mol. The number of hydrogen-bond acceptors (Lipinski definition) is 5. The Bertz CT molecular complexity index is 678. The van der Waals surface area contributed by atoms with E-state index >= 15 is 0 Å². The van der Waals surface area contributed by atoms with Crippen molar-refractivity contribution in [1.29, 1.82) is 0 Å².